The molecule has 1 N–H and O–H groups in total. The lowest BCUT2D eigenvalue weighted by molar-refractivity contribution is -0.120. The molecule has 0 aliphatic rings. The Morgan fingerprint density at radius 3 is 1.94 bits per heavy atom. The Balaban J connectivity index is 1.72. The molecule has 0 bridgehead atoms. The van der Waals surface area contributed by atoms with Crippen molar-refractivity contribution < 1.29 is 13.2 Å². The van der Waals surface area contributed by atoms with Gasteiger partial charge < -0.3 is 5.32 Å². The Bertz CT molecular complexity index is 1430. The zero-order valence-corrected chi connectivity index (χ0v) is 21.5. The minimum Gasteiger partial charge on any atom is -0.344 e. The molecule has 0 saturated heterocycles. The molecular weight excluding hydrogens is 468 g/mol. The van der Waals surface area contributed by atoms with Crippen LogP contribution in [0, 0.1) is 20.8 Å². The topological polar surface area (TPSA) is 66.5 Å². The monoisotopic (exact) mass is 498 g/mol. The summed E-state index contributed by atoms with van der Waals surface area (Å²) in [5.74, 6) is -0.397. The molecule has 0 aliphatic heterocycles. The molecule has 184 valence electrons. The molecule has 4 aromatic carbocycles. The Labute approximate surface area is 213 Å². The smallest absolute Gasteiger partial charge is 0.264 e. The molecule has 0 aromatic heterocycles. The first-order valence-electron chi connectivity index (χ1n) is 11.8. The van der Waals surface area contributed by atoms with Crippen LogP contribution in [0.4, 0.5) is 5.69 Å². The summed E-state index contributed by atoms with van der Waals surface area (Å²) in [5, 5.41) is 3.10. The van der Waals surface area contributed by atoms with Crippen LogP contribution in [0.1, 0.15) is 33.9 Å². The van der Waals surface area contributed by atoms with Crippen LogP contribution in [0.5, 0.6) is 0 Å². The zero-order valence-electron chi connectivity index (χ0n) is 20.7. The van der Waals surface area contributed by atoms with Crippen molar-refractivity contribution in [1.82, 2.24) is 5.32 Å². The van der Waals surface area contributed by atoms with E-state index >= 15 is 0 Å². The van der Waals surface area contributed by atoms with E-state index in [2.05, 4.69) is 5.32 Å². The highest BCUT2D eigenvalue weighted by atomic mass is 32.2. The van der Waals surface area contributed by atoms with Crippen LogP contribution in [0.3, 0.4) is 0 Å². The van der Waals surface area contributed by atoms with Crippen LogP contribution in [0.2, 0.25) is 0 Å². The molecule has 0 unspecified atom stereocenters. The molecule has 1 amide bonds. The van der Waals surface area contributed by atoms with Gasteiger partial charge in [-0.1, -0.05) is 78.9 Å². The number of benzene rings is 4. The molecule has 0 radical (unpaired) electrons. The van der Waals surface area contributed by atoms with E-state index in [-0.39, 0.29) is 11.4 Å². The van der Waals surface area contributed by atoms with E-state index in [0.29, 0.717) is 5.69 Å². The van der Waals surface area contributed by atoms with Crippen LogP contribution >= 0.6 is 0 Å². The number of nitrogens with zero attached hydrogens (tertiary/aromatic N) is 1. The Morgan fingerprint density at radius 2 is 1.33 bits per heavy atom. The van der Waals surface area contributed by atoms with Crippen molar-refractivity contribution in [2.45, 2.75) is 31.7 Å². The second kappa shape index (κ2) is 10.8. The van der Waals surface area contributed by atoms with Gasteiger partial charge >= 0.3 is 0 Å². The van der Waals surface area contributed by atoms with Crippen LogP contribution in [-0.4, -0.2) is 20.9 Å². The van der Waals surface area contributed by atoms with Crippen molar-refractivity contribution in [3.63, 3.8) is 0 Å². The largest absolute Gasteiger partial charge is 0.344 e. The first kappa shape index (κ1) is 25.2. The number of nitrogens with one attached hydrogen (secondary N) is 1. The minimum atomic E-state index is -3.98. The molecule has 4 aromatic rings. The second-order valence-electron chi connectivity index (χ2n) is 8.94. The third-order valence-electron chi connectivity index (χ3n) is 6.05. The van der Waals surface area contributed by atoms with Crippen LogP contribution in [-0.2, 0) is 14.8 Å². The molecule has 0 saturated carbocycles. The summed E-state index contributed by atoms with van der Waals surface area (Å²) in [4.78, 5) is 13.7. The van der Waals surface area contributed by atoms with Crippen molar-refractivity contribution >= 4 is 21.6 Å². The van der Waals surface area contributed by atoms with Crippen molar-refractivity contribution in [3.05, 3.63) is 131 Å². The van der Waals surface area contributed by atoms with Gasteiger partial charge in [-0.05, 0) is 72.9 Å². The summed E-state index contributed by atoms with van der Waals surface area (Å²) in [5.41, 5.74) is 5.21. The van der Waals surface area contributed by atoms with Gasteiger partial charge in [-0.3, -0.25) is 9.10 Å². The van der Waals surface area contributed by atoms with Gasteiger partial charge in [0.25, 0.3) is 10.0 Å². The van der Waals surface area contributed by atoms with Gasteiger partial charge in [-0.15, -0.1) is 0 Å². The lowest BCUT2D eigenvalue weighted by Crippen LogP contribution is -2.42. The second-order valence-corrected chi connectivity index (χ2v) is 10.8. The predicted molar refractivity (Wildman–Crippen MR) is 144 cm³/mol. The highest BCUT2D eigenvalue weighted by Crippen LogP contribution is 2.28. The fraction of sp³-hybridized carbons (Fsp3) is 0.167. The van der Waals surface area contributed by atoms with E-state index in [1.807, 2.05) is 81.4 Å². The summed E-state index contributed by atoms with van der Waals surface area (Å²) < 4.78 is 28.6. The number of hydrogen-bond donors (Lipinski definition) is 1. The van der Waals surface area contributed by atoms with Gasteiger partial charge in [-0.25, -0.2) is 8.42 Å². The predicted octanol–water partition coefficient (Wildman–Crippen LogP) is 5.71. The van der Waals surface area contributed by atoms with Crippen LogP contribution in [0.25, 0.3) is 0 Å². The van der Waals surface area contributed by atoms with Crippen molar-refractivity contribution in [1.29, 1.82) is 0 Å². The average Bonchev–Trinajstić information content (AvgIpc) is 2.87. The maximum atomic E-state index is 13.7. The van der Waals surface area contributed by atoms with Gasteiger partial charge in [0.2, 0.25) is 5.91 Å². The number of sulfonamides is 1. The fourth-order valence-corrected chi connectivity index (χ4v) is 5.79. The third-order valence-corrected chi connectivity index (χ3v) is 7.84. The normalized spacial score (nSPS) is 12.1. The number of rotatable bonds is 8. The molecule has 0 aliphatic carbocycles. The van der Waals surface area contributed by atoms with Gasteiger partial charge in [-0.2, -0.15) is 0 Å². The van der Waals surface area contributed by atoms with E-state index in [9.17, 15) is 13.2 Å². The molecule has 0 fully saturated rings. The van der Waals surface area contributed by atoms with E-state index in [1.165, 1.54) is 4.31 Å². The van der Waals surface area contributed by atoms with Gasteiger partial charge in [0.05, 0.1) is 16.6 Å². The van der Waals surface area contributed by atoms with E-state index in [4.69, 9.17) is 0 Å². The lowest BCUT2D eigenvalue weighted by Gasteiger charge is -2.27. The quantitative estimate of drug-likeness (QED) is 0.338. The van der Waals surface area contributed by atoms with Crippen LogP contribution in [0.15, 0.2) is 108 Å². The third kappa shape index (κ3) is 5.66. The van der Waals surface area contributed by atoms with E-state index in [0.717, 1.165) is 27.8 Å². The number of aryl methyl sites for hydroxylation is 3. The van der Waals surface area contributed by atoms with Crippen molar-refractivity contribution in [2.24, 2.45) is 0 Å². The minimum absolute atomic E-state index is 0.135. The first-order chi connectivity index (χ1) is 17.3. The molecule has 0 heterocycles. The highest BCUT2D eigenvalue weighted by molar-refractivity contribution is 7.92. The van der Waals surface area contributed by atoms with Crippen molar-refractivity contribution in [3.8, 4) is 0 Å². The molecule has 0 spiro atoms. The molecule has 1 atom stereocenters. The molecule has 6 heteroatoms. The van der Waals surface area contributed by atoms with Gasteiger partial charge in [0.15, 0.2) is 0 Å². The van der Waals surface area contributed by atoms with E-state index < -0.39 is 22.0 Å². The summed E-state index contributed by atoms with van der Waals surface area (Å²) in [6, 6.07) is 30.9. The SMILES string of the molecule is Cc1cc(C)cc(N(CC(=O)N[C@H](c2ccccc2)c2ccccc2C)S(=O)(=O)c2ccccc2)c1. The van der Waals surface area contributed by atoms with Crippen molar-refractivity contribution in [2.75, 3.05) is 10.8 Å². The number of carbonyl (C=O) groups is 1. The standard InChI is InChI=1S/C30H30N2O3S/c1-22-18-23(2)20-26(19-22)32(36(34,35)27-15-8-5-9-16-27)21-29(33)31-30(25-13-6-4-7-14-25)28-17-11-10-12-24(28)3/h4-20,30H,21H2,1-3H3,(H,31,33)/t30-/m1/s1. The van der Waals surface area contributed by atoms with Crippen LogP contribution < -0.4 is 9.62 Å². The maximum absolute atomic E-state index is 13.7. The highest BCUT2D eigenvalue weighted by Gasteiger charge is 2.29. The molecule has 5 nitrogen and oxygen atoms in total. The number of anilines is 1. The summed E-state index contributed by atoms with van der Waals surface area (Å²) in [6.07, 6.45) is 0. The fourth-order valence-electron chi connectivity index (χ4n) is 4.36. The summed E-state index contributed by atoms with van der Waals surface area (Å²) >= 11 is 0. The zero-order chi connectivity index (χ0) is 25.7. The molecule has 36 heavy (non-hydrogen) atoms. The van der Waals surface area contributed by atoms with Gasteiger partial charge in [0.1, 0.15) is 6.54 Å². The first-order valence-corrected chi connectivity index (χ1v) is 13.3. The Kier molecular flexibility index (Phi) is 7.55. The lowest BCUT2D eigenvalue weighted by atomic mass is 9.95. The average molecular weight is 499 g/mol. The Morgan fingerprint density at radius 1 is 0.778 bits per heavy atom. The van der Waals surface area contributed by atoms with Gasteiger partial charge in [0, 0.05) is 0 Å². The van der Waals surface area contributed by atoms with E-state index in [1.54, 1.807) is 42.5 Å². The molecule has 4 rings (SSSR count). The number of amides is 1. The number of hydrogen-bond acceptors (Lipinski definition) is 3. The Hall–Kier alpha value is -3.90. The summed E-state index contributed by atoms with van der Waals surface area (Å²) in [7, 11) is -3.98. The summed E-state index contributed by atoms with van der Waals surface area (Å²) in [6.45, 7) is 5.47. The maximum Gasteiger partial charge on any atom is 0.264 e. The molecular formula is C30H30N2O3S. The number of carbonyl (C=O) groups excluding carboxylic acids is 1.